The van der Waals surface area contributed by atoms with Crippen molar-refractivity contribution in [2.45, 2.75) is 69.9 Å². The number of hydrogen-bond donors (Lipinski definition) is 2. The highest BCUT2D eigenvalue weighted by atomic mass is 16.5. The summed E-state index contributed by atoms with van der Waals surface area (Å²) in [6.07, 6.45) is 5.46. The summed E-state index contributed by atoms with van der Waals surface area (Å²) in [4.78, 5) is 51.8. The maximum absolute atomic E-state index is 13.3. The van der Waals surface area contributed by atoms with E-state index in [1.165, 1.54) is 0 Å². The van der Waals surface area contributed by atoms with Crippen LogP contribution in [0.2, 0.25) is 0 Å². The number of nitrogens with zero attached hydrogens (tertiary/aromatic N) is 1. The zero-order valence-corrected chi connectivity index (χ0v) is 17.5. The second kappa shape index (κ2) is 11.1. The van der Waals surface area contributed by atoms with E-state index < -0.39 is 29.2 Å². The van der Waals surface area contributed by atoms with Crippen LogP contribution in [0.4, 0.5) is 4.79 Å². The number of Topliss-reactive ketones (excluding diaryl/α,β-unsaturated/α-hetero) is 1. The summed E-state index contributed by atoms with van der Waals surface area (Å²) in [5.74, 6) is -2.14. The molecule has 9 nitrogen and oxygen atoms in total. The molecule has 0 bridgehead atoms. The maximum Gasteiger partial charge on any atom is 0.376 e. The van der Waals surface area contributed by atoms with Crippen LogP contribution in [0.25, 0.3) is 0 Å². The first-order valence-corrected chi connectivity index (χ1v) is 10.5. The van der Waals surface area contributed by atoms with Crippen LogP contribution in [0, 0.1) is 0 Å². The molecule has 1 saturated carbocycles. The molecule has 9 heteroatoms. The number of carbonyl (C=O) groups is 4. The molecule has 2 aliphatic rings. The molecule has 2 N–H and O–H groups in total. The molecule has 3 amide bonds. The van der Waals surface area contributed by atoms with Crippen molar-refractivity contribution in [3.8, 4) is 0 Å². The van der Waals surface area contributed by atoms with Gasteiger partial charge < -0.3 is 25.0 Å². The molecule has 1 aliphatic carbocycles. The minimum Gasteiger partial charge on any atom is -0.463 e. The van der Waals surface area contributed by atoms with E-state index in [1.807, 2.05) is 6.92 Å². The molecule has 0 aromatic rings. The number of hydrogen-bond acceptors (Lipinski definition) is 6. The summed E-state index contributed by atoms with van der Waals surface area (Å²) in [6, 6.07) is -1.25. The van der Waals surface area contributed by atoms with Crippen LogP contribution in [-0.4, -0.2) is 73.6 Å². The van der Waals surface area contributed by atoms with E-state index in [9.17, 15) is 19.2 Å². The highest BCUT2D eigenvalue weighted by Gasteiger charge is 2.43. The third-order valence-corrected chi connectivity index (χ3v) is 5.64. The fraction of sp³-hybridized carbons (Fsp3) is 0.800. The van der Waals surface area contributed by atoms with E-state index in [-0.39, 0.29) is 6.03 Å². The summed E-state index contributed by atoms with van der Waals surface area (Å²) in [5.41, 5.74) is -1.07. The normalized spacial score (nSPS) is 19.7. The van der Waals surface area contributed by atoms with Crippen LogP contribution in [0.1, 0.15) is 58.3 Å². The number of ether oxygens (including phenoxy) is 2. The van der Waals surface area contributed by atoms with Gasteiger partial charge in [-0.05, 0) is 19.3 Å². The van der Waals surface area contributed by atoms with Gasteiger partial charge in [0.2, 0.25) is 5.91 Å². The van der Waals surface area contributed by atoms with Gasteiger partial charge in [-0.3, -0.25) is 9.59 Å². The highest BCUT2D eigenvalue weighted by molar-refractivity contribution is 6.36. The van der Waals surface area contributed by atoms with Crippen LogP contribution in [0.3, 0.4) is 0 Å². The molecular weight excluding hydrogens is 378 g/mol. The minimum atomic E-state index is -1.07. The topological polar surface area (TPSA) is 114 Å². The van der Waals surface area contributed by atoms with Gasteiger partial charge in [0, 0.05) is 13.1 Å². The predicted molar refractivity (Wildman–Crippen MR) is 105 cm³/mol. The van der Waals surface area contributed by atoms with Gasteiger partial charge in [0.05, 0.1) is 26.4 Å². The smallest absolute Gasteiger partial charge is 0.376 e. The molecule has 1 heterocycles. The summed E-state index contributed by atoms with van der Waals surface area (Å²) >= 11 is 0. The fourth-order valence-corrected chi connectivity index (χ4v) is 3.83. The van der Waals surface area contributed by atoms with Crippen molar-refractivity contribution in [1.82, 2.24) is 15.5 Å². The quantitative estimate of drug-likeness (QED) is 0.457. The zero-order chi connectivity index (χ0) is 21.3. The first-order valence-electron chi connectivity index (χ1n) is 10.5. The van der Waals surface area contributed by atoms with E-state index >= 15 is 0 Å². The largest absolute Gasteiger partial charge is 0.463 e. The number of methoxy groups -OCH3 is 1. The molecule has 0 spiro atoms. The Hall–Kier alpha value is -2.16. The Morgan fingerprint density at radius 1 is 1.10 bits per heavy atom. The van der Waals surface area contributed by atoms with E-state index in [1.54, 1.807) is 4.90 Å². The zero-order valence-electron chi connectivity index (χ0n) is 17.5. The molecule has 0 radical (unpaired) electrons. The van der Waals surface area contributed by atoms with E-state index in [2.05, 4.69) is 15.4 Å². The molecule has 164 valence electrons. The molecule has 1 aliphatic heterocycles. The van der Waals surface area contributed by atoms with Crippen molar-refractivity contribution < 1.29 is 28.7 Å². The van der Waals surface area contributed by atoms with Crippen molar-refractivity contribution >= 4 is 23.7 Å². The lowest BCUT2D eigenvalue weighted by Crippen LogP contribution is -2.64. The maximum atomic E-state index is 13.3. The summed E-state index contributed by atoms with van der Waals surface area (Å²) < 4.78 is 9.82. The van der Waals surface area contributed by atoms with Gasteiger partial charge in [-0.2, -0.15) is 0 Å². The van der Waals surface area contributed by atoms with Gasteiger partial charge in [0.15, 0.2) is 0 Å². The third kappa shape index (κ3) is 6.16. The Kier molecular flexibility index (Phi) is 8.88. The van der Waals surface area contributed by atoms with E-state index in [0.717, 1.165) is 32.8 Å². The second-order valence-electron chi connectivity index (χ2n) is 7.70. The van der Waals surface area contributed by atoms with Crippen LogP contribution in [0.5, 0.6) is 0 Å². The number of amides is 3. The van der Waals surface area contributed by atoms with Gasteiger partial charge in [-0.25, -0.2) is 9.59 Å². The monoisotopic (exact) mass is 411 g/mol. The lowest BCUT2D eigenvalue weighted by atomic mass is 9.80. The Labute approximate surface area is 171 Å². The van der Waals surface area contributed by atoms with Crippen molar-refractivity contribution in [3.05, 3.63) is 0 Å². The van der Waals surface area contributed by atoms with Crippen molar-refractivity contribution in [3.63, 3.8) is 0 Å². The number of ketones is 1. The first kappa shape index (κ1) is 23.1. The van der Waals surface area contributed by atoms with E-state index in [4.69, 9.17) is 4.74 Å². The number of nitrogens with one attached hydrogen (secondary N) is 2. The molecule has 0 unspecified atom stereocenters. The molecule has 1 atom stereocenters. The molecule has 2 fully saturated rings. The fourth-order valence-electron chi connectivity index (χ4n) is 3.83. The SMILES string of the molecule is CCCC[C@H](NC(=O)C1(NC(=O)N2CCOCC2)CCCCC1)C(=O)C(=O)OC. The van der Waals surface area contributed by atoms with Crippen LogP contribution >= 0.6 is 0 Å². The van der Waals surface area contributed by atoms with Crippen LogP contribution in [0.15, 0.2) is 0 Å². The summed E-state index contributed by atoms with van der Waals surface area (Å²) in [6.45, 7) is 3.86. The van der Waals surface area contributed by atoms with Crippen molar-refractivity contribution in [1.29, 1.82) is 0 Å². The lowest BCUT2D eigenvalue weighted by molar-refractivity contribution is -0.153. The Morgan fingerprint density at radius 2 is 1.76 bits per heavy atom. The average Bonchev–Trinajstić information content (AvgIpc) is 2.76. The number of urea groups is 1. The number of morpholine rings is 1. The summed E-state index contributed by atoms with van der Waals surface area (Å²) in [5, 5.41) is 5.68. The number of carbonyl (C=O) groups excluding carboxylic acids is 4. The lowest BCUT2D eigenvalue weighted by Gasteiger charge is -2.39. The average molecular weight is 411 g/mol. The Morgan fingerprint density at radius 3 is 2.34 bits per heavy atom. The second-order valence-corrected chi connectivity index (χ2v) is 7.70. The third-order valence-electron chi connectivity index (χ3n) is 5.64. The first-order chi connectivity index (χ1) is 13.9. The molecule has 29 heavy (non-hydrogen) atoms. The molecular formula is C20H33N3O6. The van der Waals surface area contributed by atoms with Gasteiger partial charge in [-0.1, -0.05) is 39.0 Å². The minimum absolute atomic E-state index is 0.297. The Balaban J connectivity index is 2.13. The number of unbranched alkanes of at least 4 members (excludes halogenated alkanes) is 1. The number of esters is 1. The number of rotatable bonds is 8. The van der Waals surface area contributed by atoms with Gasteiger partial charge in [-0.15, -0.1) is 0 Å². The van der Waals surface area contributed by atoms with Crippen LogP contribution < -0.4 is 10.6 Å². The van der Waals surface area contributed by atoms with Crippen molar-refractivity contribution in [2.24, 2.45) is 0 Å². The molecule has 1 saturated heterocycles. The standard InChI is InChI=1S/C20H33N3O6/c1-3-4-8-15(16(24)17(25)28-2)21-18(26)20(9-6-5-7-10-20)22-19(27)23-11-13-29-14-12-23/h15H,3-14H2,1-2H3,(H,21,26)(H,22,27)/t15-/m0/s1. The summed E-state index contributed by atoms with van der Waals surface area (Å²) in [7, 11) is 1.14. The van der Waals surface area contributed by atoms with Crippen LogP contribution in [-0.2, 0) is 23.9 Å². The van der Waals surface area contributed by atoms with Gasteiger partial charge in [0.25, 0.3) is 5.78 Å². The molecule has 0 aromatic carbocycles. The molecule has 0 aromatic heterocycles. The van der Waals surface area contributed by atoms with Gasteiger partial charge >= 0.3 is 12.0 Å². The van der Waals surface area contributed by atoms with Crippen molar-refractivity contribution in [2.75, 3.05) is 33.4 Å². The highest BCUT2D eigenvalue weighted by Crippen LogP contribution is 2.29. The van der Waals surface area contributed by atoms with E-state index in [0.29, 0.717) is 52.0 Å². The predicted octanol–water partition coefficient (Wildman–Crippen LogP) is 1.15. The Bertz CT molecular complexity index is 597. The van der Waals surface area contributed by atoms with Gasteiger partial charge in [0.1, 0.15) is 5.54 Å². The molecule has 2 rings (SSSR count).